The van der Waals surface area contributed by atoms with Gasteiger partial charge in [0.1, 0.15) is 17.6 Å². The van der Waals surface area contributed by atoms with Crippen LogP contribution in [0.3, 0.4) is 0 Å². The highest BCUT2D eigenvalue weighted by atomic mass is 16.5. The molecule has 7 nitrogen and oxygen atoms in total. The summed E-state index contributed by atoms with van der Waals surface area (Å²) in [5.41, 5.74) is 1.74. The summed E-state index contributed by atoms with van der Waals surface area (Å²) in [4.78, 5) is 27.0. The molecule has 2 aliphatic rings. The molecule has 0 saturated carbocycles. The first-order valence-electron chi connectivity index (χ1n) is 10.1. The SMILES string of the molecule is CCOc1cc2c(cc1NC(=O)C1CCN(C(=O)c3ccco3)CC1)O[C@H](C)C2. The number of nitrogens with zero attached hydrogens (tertiary/aromatic N) is 1. The summed E-state index contributed by atoms with van der Waals surface area (Å²) in [7, 11) is 0. The zero-order valence-corrected chi connectivity index (χ0v) is 16.8. The number of hydrogen-bond acceptors (Lipinski definition) is 5. The number of hydrogen-bond donors (Lipinski definition) is 1. The van der Waals surface area contributed by atoms with Crippen LogP contribution >= 0.6 is 0 Å². The van der Waals surface area contributed by atoms with E-state index in [2.05, 4.69) is 5.32 Å². The maximum absolute atomic E-state index is 12.9. The van der Waals surface area contributed by atoms with Crippen LogP contribution in [0.2, 0.25) is 0 Å². The van der Waals surface area contributed by atoms with E-state index in [-0.39, 0.29) is 23.8 Å². The van der Waals surface area contributed by atoms with Gasteiger partial charge in [0, 0.05) is 37.1 Å². The Labute approximate surface area is 170 Å². The highest BCUT2D eigenvalue weighted by Crippen LogP contribution is 2.38. The van der Waals surface area contributed by atoms with E-state index in [1.165, 1.54) is 6.26 Å². The van der Waals surface area contributed by atoms with Crippen LogP contribution in [0.25, 0.3) is 0 Å². The van der Waals surface area contributed by atoms with Gasteiger partial charge in [-0.15, -0.1) is 0 Å². The van der Waals surface area contributed by atoms with Gasteiger partial charge < -0.3 is 24.1 Å². The van der Waals surface area contributed by atoms with Gasteiger partial charge in [-0.2, -0.15) is 0 Å². The van der Waals surface area contributed by atoms with Crippen molar-refractivity contribution < 1.29 is 23.5 Å². The number of nitrogens with one attached hydrogen (secondary N) is 1. The van der Waals surface area contributed by atoms with E-state index in [4.69, 9.17) is 13.9 Å². The lowest BCUT2D eigenvalue weighted by Crippen LogP contribution is -2.41. The molecule has 7 heteroatoms. The van der Waals surface area contributed by atoms with Crippen LogP contribution in [-0.4, -0.2) is 42.5 Å². The monoisotopic (exact) mass is 398 g/mol. The summed E-state index contributed by atoms with van der Waals surface area (Å²) < 4.78 is 16.8. The lowest BCUT2D eigenvalue weighted by molar-refractivity contribution is -0.121. The van der Waals surface area contributed by atoms with Crippen molar-refractivity contribution in [2.24, 2.45) is 5.92 Å². The normalized spacial score (nSPS) is 18.8. The molecule has 0 spiro atoms. The van der Waals surface area contributed by atoms with E-state index < -0.39 is 0 Å². The van der Waals surface area contributed by atoms with Gasteiger partial charge >= 0.3 is 0 Å². The Balaban J connectivity index is 1.40. The van der Waals surface area contributed by atoms with Gasteiger partial charge in [0.2, 0.25) is 5.91 Å². The van der Waals surface area contributed by atoms with Crippen LogP contribution in [0, 0.1) is 5.92 Å². The zero-order valence-electron chi connectivity index (χ0n) is 16.8. The van der Waals surface area contributed by atoms with Crippen molar-refractivity contribution in [1.29, 1.82) is 0 Å². The van der Waals surface area contributed by atoms with Crippen molar-refractivity contribution >= 4 is 17.5 Å². The van der Waals surface area contributed by atoms with Crippen molar-refractivity contribution in [3.8, 4) is 11.5 Å². The summed E-state index contributed by atoms with van der Waals surface area (Å²) in [5, 5.41) is 3.02. The molecule has 1 saturated heterocycles. The van der Waals surface area contributed by atoms with Crippen molar-refractivity contribution in [2.75, 3.05) is 25.0 Å². The second-order valence-electron chi connectivity index (χ2n) is 7.55. The molecule has 2 aliphatic heterocycles. The molecule has 1 fully saturated rings. The Hall–Kier alpha value is -2.96. The number of likely N-dealkylation sites (tertiary alicyclic amines) is 1. The average molecular weight is 398 g/mol. The second-order valence-corrected chi connectivity index (χ2v) is 7.55. The van der Waals surface area contributed by atoms with Crippen LogP contribution in [-0.2, 0) is 11.2 Å². The zero-order chi connectivity index (χ0) is 20.4. The minimum absolute atomic E-state index is 0.0537. The predicted octanol–water partition coefficient (Wildman–Crippen LogP) is 3.49. The van der Waals surface area contributed by atoms with Gasteiger partial charge in [-0.25, -0.2) is 0 Å². The quantitative estimate of drug-likeness (QED) is 0.834. The van der Waals surface area contributed by atoms with Gasteiger partial charge in [0.25, 0.3) is 5.91 Å². The Morgan fingerprint density at radius 1 is 1.28 bits per heavy atom. The summed E-state index contributed by atoms with van der Waals surface area (Å²) in [6, 6.07) is 7.18. The minimum Gasteiger partial charge on any atom is -0.492 e. The molecule has 0 radical (unpaired) electrons. The Morgan fingerprint density at radius 3 is 2.76 bits per heavy atom. The van der Waals surface area contributed by atoms with Crippen molar-refractivity contribution in [3.63, 3.8) is 0 Å². The minimum atomic E-state index is -0.154. The number of benzene rings is 1. The number of carbonyl (C=O) groups is 2. The lowest BCUT2D eigenvalue weighted by Gasteiger charge is -2.30. The maximum Gasteiger partial charge on any atom is 0.289 e. The molecule has 3 heterocycles. The highest BCUT2D eigenvalue weighted by Gasteiger charge is 2.30. The third kappa shape index (κ3) is 4.09. The number of amides is 2. The van der Waals surface area contributed by atoms with Crippen molar-refractivity contribution in [3.05, 3.63) is 41.9 Å². The van der Waals surface area contributed by atoms with E-state index in [1.54, 1.807) is 17.0 Å². The van der Waals surface area contributed by atoms with E-state index in [0.717, 1.165) is 17.7 Å². The summed E-state index contributed by atoms with van der Waals surface area (Å²) in [5.74, 6) is 1.47. The van der Waals surface area contributed by atoms with Crippen LogP contribution in [0.4, 0.5) is 5.69 Å². The summed E-state index contributed by atoms with van der Waals surface area (Å²) >= 11 is 0. The molecule has 1 atom stereocenters. The number of furan rings is 1. The first-order valence-corrected chi connectivity index (χ1v) is 10.1. The smallest absolute Gasteiger partial charge is 0.289 e. The standard InChI is InChI=1S/C22H26N2O5/c1-3-27-20-12-16-11-14(2)29-19(16)13-17(20)23-21(25)15-6-8-24(9-7-15)22(26)18-5-4-10-28-18/h4-5,10,12-15H,3,6-9,11H2,1-2H3,(H,23,25)/t14-/m1/s1. The van der Waals surface area contributed by atoms with Crippen molar-refractivity contribution in [2.45, 2.75) is 39.2 Å². The number of rotatable bonds is 5. The number of anilines is 1. The molecular weight excluding hydrogens is 372 g/mol. The molecular formula is C22H26N2O5. The molecule has 1 N–H and O–H groups in total. The van der Waals surface area contributed by atoms with Gasteiger partial charge in [-0.1, -0.05) is 0 Å². The third-order valence-corrected chi connectivity index (χ3v) is 5.44. The highest BCUT2D eigenvalue weighted by molar-refractivity contribution is 5.95. The lowest BCUT2D eigenvalue weighted by atomic mass is 9.95. The van der Waals surface area contributed by atoms with Crippen LogP contribution in [0.1, 0.15) is 42.8 Å². The van der Waals surface area contributed by atoms with E-state index in [0.29, 0.717) is 49.7 Å². The fourth-order valence-corrected chi connectivity index (χ4v) is 3.95. The Kier molecular flexibility index (Phi) is 5.47. The molecule has 154 valence electrons. The van der Waals surface area contributed by atoms with Crippen LogP contribution in [0.5, 0.6) is 11.5 Å². The molecule has 0 aliphatic carbocycles. The first kappa shape index (κ1) is 19.4. The van der Waals surface area contributed by atoms with E-state index in [1.807, 2.05) is 26.0 Å². The van der Waals surface area contributed by atoms with E-state index >= 15 is 0 Å². The molecule has 29 heavy (non-hydrogen) atoms. The van der Waals surface area contributed by atoms with Gasteiger partial charge in [0.15, 0.2) is 5.76 Å². The van der Waals surface area contributed by atoms with Gasteiger partial charge in [-0.3, -0.25) is 9.59 Å². The predicted molar refractivity (Wildman–Crippen MR) is 107 cm³/mol. The topological polar surface area (TPSA) is 81.0 Å². The average Bonchev–Trinajstić information content (AvgIpc) is 3.37. The molecule has 2 aromatic rings. The molecule has 4 rings (SSSR count). The molecule has 1 aromatic carbocycles. The van der Waals surface area contributed by atoms with Crippen LogP contribution < -0.4 is 14.8 Å². The molecule has 0 unspecified atom stereocenters. The fourth-order valence-electron chi connectivity index (χ4n) is 3.95. The molecule has 1 aromatic heterocycles. The van der Waals surface area contributed by atoms with Crippen LogP contribution in [0.15, 0.2) is 34.9 Å². The van der Waals surface area contributed by atoms with Crippen molar-refractivity contribution in [1.82, 2.24) is 4.90 Å². The fraction of sp³-hybridized carbons (Fsp3) is 0.455. The number of ether oxygens (including phenoxy) is 2. The Morgan fingerprint density at radius 2 is 2.07 bits per heavy atom. The van der Waals surface area contributed by atoms with Gasteiger partial charge in [-0.05, 0) is 44.9 Å². The number of fused-ring (bicyclic) bond motifs is 1. The number of piperidine rings is 1. The summed E-state index contributed by atoms with van der Waals surface area (Å²) in [6.07, 6.45) is 3.68. The van der Waals surface area contributed by atoms with E-state index in [9.17, 15) is 9.59 Å². The van der Waals surface area contributed by atoms with Gasteiger partial charge in [0.05, 0.1) is 18.6 Å². The third-order valence-electron chi connectivity index (χ3n) is 5.44. The largest absolute Gasteiger partial charge is 0.492 e. The maximum atomic E-state index is 12.9. The summed E-state index contributed by atoms with van der Waals surface area (Å²) in [6.45, 7) is 5.52. The second kappa shape index (κ2) is 8.19. The number of carbonyl (C=O) groups excluding carboxylic acids is 2. The Bertz CT molecular complexity index is 885. The molecule has 0 bridgehead atoms. The molecule has 2 amide bonds. The first-order chi connectivity index (χ1) is 14.0.